The van der Waals surface area contributed by atoms with Crippen LogP contribution in [0.5, 0.6) is 5.75 Å². The molecule has 2 heteroatoms. The lowest BCUT2D eigenvalue weighted by Gasteiger charge is -2.08. The Labute approximate surface area is 151 Å². The maximum atomic E-state index is 5.86. The lowest BCUT2D eigenvalue weighted by atomic mass is 9.98. The Balaban J connectivity index is 1.75. The molecule has 0 aliphatic carbocycles. The van der Waals surface area contributed by atoms with Crippen molar-refractivity contribution in [3.8, 4) is 17.6 Å². The summed E-state index contributed by atoms with van der Waals surface area (Å²) in [4.78, 5) is 0. The van der Waals surface area contributed by atoms with Gasteiger partial charge in [0.05, 0.1) is 0 Å². The van der Waals surface area contributed by atoms with E-state index in [4.69, 9.17) is 4.74 Å². The Bertz CT molecular complexity index is 730. The molecule has 0 heterocycles. The zero-order valence-corrected chi connectivity index (χ0v) is 15.4. The van der Waals surface area contributed by atoms with Crippen LogP contribution in [-0.2, 0) is 13.2 Å². The van der Waals surface area contributed by atoms with Crippen LogP contribution in [0.2, 0.25) is 0 Å². The molecule has 0 spiro atoms. The van der Waals surface area contributed by atoms with E-state index in [1.807, 2.05) is 36.4 Å². The van der Waals surface area contributed by atoms with E-state index in [-0.39, 0.29) is 5.41 Å². The van der Waals surface area contributed by atoms with Gasteiger partial charge in [-0.1, -0.05) is 60.4 Å². The summed E-state index contributed by atoms with van der Waals surface area (Å²) >= 11 is 0. The number of nitrogens with one attached hydrogen (secondary N) is 1. The van der Waals surface area contributed by atoms with Crippen molar-refractivity contribution in [1.29, 1.82) is 0 Å². The highest BCUT2D eigenvalue weighted by Gasteiger charge is 2.02. The predicted molar refractivity (Wildman–Crippen MR) is 105 cm³/mol. The highest BCUT2D eigenvalue weighted by molar-refractivity contribution is 5.29. The first-order chi connectivity index (χ1) is 12.0. The second-order valence-corrected chi connectivity index (χ2v) is 6.97. The van der Waals surface area contributed by atoms with E-state index in [0.29, 0.717) is 6.61 Å². The lowest BCUT2D eigenvalue weighted by molar-refractivity contribution is 0.306. The van der Waals surface area contributed by atoms with Crippen LogP contribution in [0, 0.1) is 17.3 Å². The van der Waals surface area contributed by atoms with E-state index >= 15 is 0 Å². The van der Waals surface area contributed by atoms with Crippen molar-refractivity contribution in [2.45, 2.75) is 33.9 Å². The van der Waals surface area contributed by atoms with Crippen LogP contribution in [0.4, 0.5) is 0 Å². The molecule has 2 aromatic carbocycles. The van der Waals surface area contributed by atoms with Crippen LogP contribution in [-0.4, -0.2) is 6.54 Å². The quantitative estimate of drug-likeness (QED) is 0.571. The Morgan fingerprint density at radius 2 is 1.76 bits per heavy atom. The summed E-state index contributed by atoms with van der Waals surface area (Å²) in [6.45, 7) is 8.53. The Kier molecular flexibility index (Phi) is 7.32. The Hall–Kier alpha value is -2.50. The summed E-state index contributed by atoms with van der Waals surface area (Å²) in [5.41, 5.74) is 2.44. The van der Waals surface area contributed by atoms with Crippen LogP contribution in [0.1, 0.15) is 31.9 Å². The van der Waals surface area contributed by atoms with Crippen LogP contribution in [0.25, 0.3) is 0 Å². The molecule has 2 nitrogen and oxygen atoms in total. The first-order valence-electron chi connectivity index (χ1n) is 8.67. The van der Waals surface area contributed by atoms with Crippen molar-refractivity contribution in [1.82, 2.24) is 5.32 Å². The average molecular weight is 333 g/mol. The second kappa shape index (κ2) is 9.71. The van der Waals surface area contributed by atoms with Crippen molar-refractivity contribution in [2.24, 2.45) is 5.41 Å². The fourth-order valence-electron chi connectivity index (χ4n) is 2.16. The van der Waals surface area contributed by atoms with Gasteiger partial charge in [0, 0.05) is 18.5 Å². The van der Waals surface area contributed by atoms with Crippen LogP contribution < -0.4 is 10.1 Å². The van der Waals surface area contributed by atoms with Crippen molar-refractivity contribution >= 4 is 0 Å². The van der Waals surface area contributed by atoms with Gasteiger partial charge in [0.1, 0.15) is 12.4 Å². The number of hydrogen-bond donors (Lipinski definition) is 1. The van der Waals surface area contributed by atoms with Crippen molar-refractivity contribution in [3.05, 3.63) is 77.9 Å². The summed E-state index contributed by atoms with van der Waals surface area (Å²) in [6, 6.07) is 18.4. The molecule has 0 saturated carbocycles. The van der Waals surface area contributed by atoms with E-state index in [0.717, 1.165) is 18.8 Å². The summed E-state index contributed by atoms with van der Waals surface area (Å²) in [5.74, 6) is 7.16. The van der Waals surface area contributed by atoms with Gasteiger partial charge in [-0.05, 0) is 50.1 Å². The molecule has 2 rings (SSSR count). The summed E-state index contributed by atoms with van der Waals surface area (Å²) in [5, 5.41) is 3.39. The van der Waals surface area contributed by atoms with Gasteiger partial charge in [0.2, 0.25) is 0 Å². The number of allylic oxidation sites excluding steroid dienone is 1. The third kappa shape index (κ3) is 8.24. The fraction of sp³-hybridized carbons (Fsp3) is 0.304. The normalized spacial score (nSPS) is 11.2. The van der Waals surface area contributed by atoms with Gasteiger partial charge in [-0.2, -0.15) is 0 Å². The highest BCUT2D eigenvalue weighted by atomic mass is 16.5. The standard InChI is InChI=1S/C23H27NO/c1-23(2,3)15-8-5-9-16-24-18-21-13-10-14-22(17-21)25-19-20-11-6-4-7-12-20/h4-7,9-14,17,24H,16,18-19H2,1-3H3/b9-5+. The van der Waals surface area contributed by atoms with Gasteiger partial charge in [-0.3, -0.25) is 0 Å². The lowest BCUT2D eigenvalue weighted by Crippen LogP contribution is -2.12. The topological polar surface area (TPSA) is 21.3 Å². The Morgan fingerprint density at radius 3 is 2.52 bits per heavy atom. The zero-order chi connectivity index (χ0) is 18.0. The molecule has 25 heavy (non-hydrogen) atoms. The molecule has 1 N–H and O–H groups in total. The third-order valence-corrected chi connectivity index (χ3v) is 3.39. The first kappa shape index (κ1) is 18.8. The van der Waals surface area contributed by atoms with Gasteiger partial charge >= 0.3 is 0 Å². The molecule has 0 aliphatic rings. The molecule has 0 aliphatic heterocycles. The van der Waals surface area contributed by atoms with Crippen LogP contribution in [0.15, 0.2) is 66.7 Å². The second-order valence-electron chi connectivity index (χ2n) is 6.97. The maximum absolute atomic E-state index is 5.86. The van der Waals surface area contributed by atoms with Gasteiger partial charge < -0.3 is 10.1 Å². The van der Waals surface area contributed by atoms with Gasteiger partial charge in [-0.15, -0.1) is 0 Å². The van der Waals surface area contributed by atoms with E-state index < -0.39 is 0 Å². The fourth-order valence-corrected chi connectivity index (χ4v) is 2.16. The third-order valence-electron chi connectivity index (χ3n) is 3.39. The van der Waals surface area contributed by atoms with Crippen molar-refractivity contribution < 1.29 is 4.74 Å². The molecule has 0 atom stereocenters. The molecule has 0 unspecified atom stereocenters. The minimum atomic E-state index is 0.0535. The number of hydrogen-bond acceptors (Lipinski definition) is 2. The van der Waals surface area contributed by atoms with Crippen LogP contribution in [0.3, 0.4) is 0 Å². The molecule has 0 bridgehead atoms. The molecular weight excluding hydrogens is 306 g/mol. The molecular formula is C23H27NO. The van der Waals surface area contributed by atoms with Gasteiger partial charge in [0.25, 0.3) is 0 Å². The zero-order valence-electron chi connectivity index (χ0n) is 15.4. The summed E-state index contributed by atoms with van der Waals surface area (Å²) in [7, 11) is 0. The average Bonchev–Trinajstić information content (AvgIpc) is 2.59. The Morgan fingerprint density at radius 1 is 1.00 bits per heavy atom. The number of benzene rings is 2. The molecule has 0 aromatic heterocycles. The maximum Gasteiger partial charge on any atom is 0.120 e. The van der Waals surface area contributed by atoms with E-state index in [9.17, 15) is 0 Å². The predicted octanol–water partition coefficient (Wildman–Crippen LogP) is 4.96. The van der Waals surface area contributed by atoms with E-state index in [1.165, 1.54) is 11.1 Å². The number of ether oxygens (including phenoxy) is 1. The molecule has 0 fully saturated rings. The smallest absolute Gasteiger partial charge is 0.120 e. The van der Waals surface area contributed by atoms with Crippen LogP contribution >= 0.6 is 0 Å². The minimum absolute atomic E-state index is 0.0535. The molecule has 2 aromatic rings. The SMILES string of the molecule is CC(C)(C)C#C/C=C/CNCc1cccc(OCc2ccccc2)c1. The monoisotopic (exact) mass is 333 g/mol. The molecule has 0 saturated heterocycles. The minimum Gasteiger partial charge on any atom is -0.489 e. The molecule has 0 radical (unpaired) electrons. The van der Waals surface area contributed by atoms with Gasteiger partial charge in [-0.25, -0.2) is 0 Å². The summed E-state index contributed by atoms with van der Waals surface area (Å²) < 4.78 is 5.86. The first-order valence-corrected chi connectivity index (χ1v) is 8.67. The number of rotatable bonds is 7. The van der Waals surface area contributed by atoms with Crippen molar-refractivity contribution in [3.63, 3.8) is 0 Å². The molecule has 130 valence electrons. The molecule has 0 amide bonds. The highest BCUT2D eigenvalue weighted by Crippen LogP contribution is 2.15. The van der Waals surface area contributed by atoms with E-state index in [1.54, 1.807) is 0 Å². The largest absolute Gasteiger partial charge is 0.489 e. The van der Waals surface area contributed by atoms with Crippen molar-refractivity contribution in [2.75, 3.05) is 6.54 Å². The summed E-state index contributed by atoms with van der Waals surface area (Å²) in [6.07, 6.45) is 3.96. The van der Waals surface area contributed by atoms with Gasteiger partial charge in [0.15, 0.2) is 0 Å². The van der Waals surface area contributed by atoms with E-state index in [2.05, 4.69) is 68.3 Å².